The number of para-hydroxylation sites is 1. The zero-order chi connectivity index (χ0) is 36.5. The van der Waals surface area contributed by atoms with Gasteiger partial charge < -0.3 is 34.0 Å². The quantitative estimate of drug-likeness (QED) is 0.419. The van der Waals surface area contributed by atoms with Gasteiger partial charge in [-0.1, -0.05) is 25.0 Å². The van der Waals surface area contributed by atoms with Crippen molar-refractivity contribution in [1.29, 1.82) is 0 Å². The maximum absolute atomic E-state index is 14.1. The molecule has 4 rings (SSSR count). The molecule has 1 spiro atoms. The molecule has 278 valence electrons. The molecule has 12 heteroatoms. The van der Waals surface area contributed by atoms with Crippen LogP contribution >= 0.6 is 0 Å². The first kappa shape index (κ1) is 39.0. The van der Waals surface area contributed by atoms with Crippen molar-refractivity contribution in [3.8, 4) is 5.75 Å². The molecule has 3 heterocycles. The highest BCUT2D eigenvalue weighted by Crippen LogP contribution is 2.38. The van der Waals surface area contributed by atoms with Gasteiger partial charge in [0.05, 0.1) is 18.7 Å². The Morgan fingerprint density at radius 3 is 2.36 bits per heavy atom. The van der Waals surface area contributed by atoms with E-state index in [1.54, 1.807) is 58.9 Å². The lowest BCUT2D eigenvalue weighted by Crippen LogP contribution is -2.49. The summed E-state index contributed by atoms with van der Waals surface area (Å²) in [4.78, 5) is 74.5. The molecular weight excluding hydrogens is 638 g/mol. The molecule has 3 aliphatic rings. The Labute approximate surface area is 298 Å². The van der Waals surface area contributed by atoms with Gasteiger partial charge in [-0.3, -0.25) is 19.2 Å². The van der Waals surface area contributed by atoms with Crippen LogP contribution in [-0.2, 0) is 19.1 Å². The highest BCUT2D eigenvalue weighted by atomic mass is 16.6. The second kappa shape index (κ2) is 17.4. The molecule has 12 nitrogen and oxygen atoms in total. The molecule has 1 aromatic rings. The van der Waals surface area contributed by atoms with Crippen LogP contribution in [0.3, 0.4) is 0 Å². The van der Waals surface area contributed by atoms with Gasteiger partial charge >= 0.3 is 6.09 Å². The van der Waals surface area contributed by atoms with Gasteiger partial charge in [-0.05, 0) is 84.3 Å². The van der Waals surface area contributed by atoms with Crippen molar-refractivity contribution in [2.45, 2.75) is 103 Å². The number of likely N-dealkylation sites (N-methyl/N-ethyl adjacent to an activating group) is 3. The summed E-state index contributed by atoms with van der Waals surface area (Å²) in [6.45, 7) is 8.79. The van der Waals surface area contributed by atoms with E-state index in [4.69, 9.17) is 9.47 Å². The summed E-state index contributed by atoms with van der Waals surface area (Å²) in [5.41, 5.74) is -0.349. The topological polar surface area (TPSA) is 120 Å². The van der Waals surface area contributed by atoms with Gasteiger partial charge in [0.25, 0.3) is 5.91 Å². The third kappa shape index (κ3) is 10.6. The maximum atomic E-state index is 14.1. The Morgan fingerprint density at radius 1 is 0.940 bits per heavy atom. The minimum Gasteiger partial charge on any atom is -0.492 e. The molecular formula is C38H59N5O7. The van der Waals surface area contributed by atoms with Crippen molar-refractivity contribution in [3.05, 3.63) is 29.8 Å². The standard InChI is InChI=1S/C38H59N5O7/c1-37(2,3)50-36(48)42-25-20-38(21-26-42)19-11-13-22-40(5)35(47)30(41(6)34(46)29-15-9-10-17-31(29)49-28-38)16-14-23-39(4)33(45)27-43-24-12-7-8-18-32(43)44/h9-10,15,17,30H,7-8,11-14,16,18-28H2,1-6H3/t30-/m0/s1. The predicted molar refractivity (Wildman–Crippen MR) is 191 cm³/mol. The number of nitrogens with zero attached hydrogens (tertiary/aromatic N) is 5. The van der Waals surface area contributed by atoms with Crippen LogP contribution in [-0.4, -0.2) is 133 Å². The average molecular weight is 698 g/mol. The molecule has 0 aliphatic carbocycles. The van der Waals surface area contributed by atoms with E-state index in [2.05, 4.69) is 0 Å². The zero-order valence-corrected chi connectivity index (χ0v) is 31.2. The van der Waals surface area contributed by atoms with Gasteiger partial charge in [0.2, 0.25) is 17.7 Å². The molecule has 0 N–H and O–H groups in total. The van der Waals surface area contributed by atoms with Crippen LogP contribution < -0.4 is 4.74 Å². The van der Waals surface area contributed by atoms with Crippen LogP contribution in [0.25, 0.3) is 0 Å². The summed E-state index contributed by atoms with van der Waals surface area (Å²) in [7, 11) is 5.18. The van der Waals surface area contributed by atoms with Crippen molar-refractivity contribution < 1.29 is 33.4 Å². The Hall–Kier alpha value is -3.83. The van der Waals surface area contributed by atoms with E-state index in [-0.39, 0.29) is 41.7 Å². The highest BCUT2D eigenvalue weighted by molar-refractivity contribution is 5.99. The van der Waals surface area contributed by atoms with Crippen LogP contribution in [0.2, 0.25) is 0 Å². The molecule has 50 heavy (non-hydrogen) atoms. The second-order valence-corrected chi connectivity index (χ2v) is 15.5. The molecule has 1 aromatic carbocycles. The monoisotopic (exact) mass is 697 g/mol. The van der Waals surface area contributed by atoms with Crippen molar-refractivity contribution in [2.24, 2.45) is 5.41 Å². The summed E-state index contributed by atoms with van der Waals surface area (Å²) in [5, 5.41) is 0. The van der Waals surface area contributed by atoms with Crippen LogP contribution in [0, 0.1) is 5.41 Å². The summed E-state index contributed by atoms with van der Waals surface area (Å²) in [6, 6.07) is 6.46. The van der Waals surface area contributed by atoms with Gasteiger partial charge in [-0.25, -0.2) is 4.79 Å². The lowest BCUT2D eigenvalue weighted by Gasteiger charge is -2.42. The average Bonchev–Trinajstić information content (AvgIpc) is 3.29. The largest absolute Gasteiger partial charge is 0.492 e. The predicted octanol–water partition coefficient (Wildman–Crippen LogP) is 4.81. The third-order valence-corrected chi connectivity index (χ3v) is 10.4. The van der Waals surface area contributed by atoms with E-state index in [1.165, 1.54) is 4.90 Å². The third-order valence-electron chi connectivity index (χ3n) is 10.4. The molecule has 2 saturated heterocycles. The summed E-state index contributed by atoms with van der Waals surface area (Å²) >= 11 is 0. The van der Waals surface area contributed by atoms with Gasteiger partial charge in [0.15, 0.2) is 0 Å². The Kier molecular flexibility index (Phi) is 13.6. The normalized spacial score (nSPS) is 21.2. The number of benzene rings is 1. The SMILES string of the molecule is CN(CCC[C@H]1C(=O)N(C)CCCCC2(CCN(C(=O)OC(C)(C)C)CC2)COc2ccccc2C(=O)N1C)C(=O)CN1CCCCCC1=O. The first-order valence-corrected chi connectivity index (χ1v) is 18.4. The summed E-state index contributed by atoms with van der Waals surface area (Å²) in [6.07, 6.45) is 7.92. The van der Waals surface area contributed by atoms with E-state index < -0.39 is 11.6 Å². The van der Waals surface area contributed by atoms with Gasteiger partial charge in [-0.15, -0.1) is 0 Å². The van der Waals surface area contributed by atoms with Crippen molar-refractivity contribution in [2.75, 3.05) is 67.0 Å². The lowest BCUT2D eigenvalue weighted by atomic mass is 9.75. The minimum atomic E-state index is -0.720. The first-order chi connectivity index (χ1) is 23.7. The number of hydrogen-bond acceptors (Lipinski definition) is 7. The lowest BCUT2D eigenvalue weighted by molar-refractivity contribution is -0.139. The molecule has 0 unspecified atom stereocenters. The first-order valence-electron chi connectivity index (χ1n) is 18.4. The van der Waals surface area contributed by atoms with Crippen molar-refractivity contribution in [3.63, 3.8) is 0 Å². The fourth-order valence-corrected chi connectivity index (χ4v) is 7.12. The fourth-order valence-electron chi connectivity index (χ4n) is 7.12. The number of fused-ring (bicyclic) bond motifs is 1. The minimum absolute atomic E-state index is 0.0285. The van der Waals surface area contributed by atoms with E-state index in [0.29, 0.717) is 69.9 Å². The Morgan fingerprint density at radius 2 is 1.64 bits per heavy atom. The zero-order valence-electron chi connectivity index (χ0n) is 31.2. The maximum Gasteiger partial charge on any atom is 0.410 e. The summed E-state index contributed by atoms with van der Waals surface area (Å²) < 4.78 is 12.1. The van der Waals surface area contributed by atoms with E-state index in [0.717, 1.165) is 51.4 Å². The van der Waals surface area contributed by atoms with E-state index in [1.807, 2.05) is 26.8 Å². The number of amides is 5. The molecule has 2 fully saturated rings. The molecule has 0 aromatic heterocycles. The molecule has 0 saturated carbocycles. The number of carbonyl (C=O) groups excluding carboxylic acids is 5. The molecule has 5 amide bonds. The van der Waals surface area contributed by atoms with Crippen molar-refractivity contribution >= 4 is 29.7 Å². The Bertz CT molecular complexity index is 1350. The number of hydrogen-bond donors (Lipinski definition) is 0. The molecule has 0 bridgehead atoms. The van der Waals surface area contributed by atoms with E-state index >= 15 is 0 Å². The van der Waals surface area contributed by atoms with Crippen LogP contribution in [0.15, 0.2) is 24.3 Å². The van der Waals surface area contributed by atoms with Crippen LogP contribution in [0.1, 0.15) is 102 Å². The highest BCUT2D eigenvalue weighted by Gasteiger charge is 2.39. The van der Waals surface area contributed by atoms with E-state index in [9.17, 15) is 24.0 Å². The smallest absolute Gasteiger partial charge is 0.410 e. The van der Waals surface area contributed by atoms with Gasteiger partial charge in [-0.2, -0.15) is 0 Å². The second-order valence-electron chi connectivity index (χ2n) is 15.5. The van der Waals surface area contributed by atoms with Crippen molar-refractivity contribution in [1.82, 2.24) is 24.5 Å². The number of rotatable bonds is 6. The number of piperidine rings is 1. The molecule has 1 atom stereocenters. The molecule has 0 radical (unpaired) electrons. The van der Waals surface area contributed by atoms with Crippen LogP contribution in [0.5, 0.6) is 5.75 Å². The number of ether oxygens (including phenoxy) is 2. The fraction of sp³-hybridized carbons (Fsp3) is 0.711. The summed E-state index contributed by atoms with van der Waals surface area (Å²) in [5.74, 6) is -0.0642. The number of likely N-dealkylation sites (tertiary alicyclic amines) is 2. The Balaban J connectivity index is 1.44. The molecule has 3 aliphatic heterocycles. The number of carbonyl (C=O) groups is 5. The van der Waals surface area contributed by atoms with Gasteiger partial charge in [0.1, 0.15) is 17.4 Å². The van der Waals surface area contributed by atoms with Crippen LogP contribution in [0.4, 0.5) is 4.79 Å². The van der Waals surface area contributed by atoms with Gasteiger partial charge in [0, 0.05) is 65.7 Å².